The highest BCUT2D eigenvalue weighted by atomic mass is 32.2. The van der Waals surface area contributed by atoms with Gasteiger partial charge in [0.15, 0.2) is 0 Å². The number of rotatable bonds is 2. The molecule has 0 aromatic carbocycles. The van der Waals surface area contributed by atoms with Gasteiger partial charge in [-0.1, -0.05) is 0 Å². The molecular weight excluding hydrogens is 268 g/mol. The minimum Gasteiger partial charge on any atom is -0.596 e. The Morgan fingerprint density at radius 1 is 0.882 bits per heavy atom. The van der Waals surface area contributed by atoms with Crippen LogP contribution in [-0.2, 0) is 22.7 Å². The van der Waals surface area contributed by atoms with E-state index in [1.807, 2.05) is 9.80 Å². The molecule has 100 valence electrons. The van der Waals surface area contributed by atoms with Crippen LogP contribution in [0, 0.1) is 0 Å². The van der Waals surface area contributed by atoms with Crippen LogP contribution in [0.25, 0.3) is 0 Å². The van der Waals surface area contributed by atoms with Crippen LogP contribution in [0.2, 0.25) is 0 Å². The lowest BCUT2D eigenvalue weighted by Crippen LogP contribution is -2.56. The summed E-state index contributed by atoms with van der Waals surface area (Å²) in [6, 6.07) is 0. The van der Waals surface area contributed by atoms with E-state index in [9.17, 15) is 19.5 Å². The third-order valence-electron chi connectivity index (χ3n) is 2.68. The summed E-state index contributed by atoms with van der Waals surface area (Å²) in [5.41, 5.74) is 0. The van der Waals surface area contributed by atoms with Gasteiger partial charge in [0.25, 0.3) is 0 Å². The average Bonchev–Trinajstić information content (AvgIpc) is 2.29. The van der Waals surface area contributed by atoms with Crippen LogP contribution in [0.3, 0.4) is 0 Å². The topological polar surface area (TPSA) is 99.5 Å². The fourth-order valence-electron chi connectivity index (χ4n) is 1.75. The number of hydrogen-bond acceptors (Lipinski definition) is 8. The zero-order chi connectivity index (χ0) is 12.4. The first-order valence-electron chi connectivity index (χ1n) is 5.21. The molecule has 10 heteroatoms. The lowest BCUT2D eigenvalue weighted by molar-refractivity contribution is -0.0857. The molecule has 2 atom stereocenters. The SMILES string of the molecule is [O-][S+]1CCN(CN2CC[S+]([O-])N(O)C2)CN1O. The first-order valence-corrected chi connectivity index (χ1v) is 7.76. The smallest absolute Gasteiger partial charge is 0.141 e. The summed E-state index contributed by atoms with van der Waals surface area (Å²) in [7, 11) is 0. The zero-order valence-corrected chi connectivity index (χ0v) is 10.9. The second kappa shape index (κ2) is 6.02. The lowest BCUT2D eigenvalue weighted by atomic mass is 10.5. The van der Waals surface area contributed by atoms with Crippen molar-refractivity contribution in [2.75, 3.05) is 44.6 Å². The Bertz CT molecular complexity index is 240. The maximum absolute atomic E-state index is 11.2. The molecule has 0 saturated carbocycles. The van der Waals surface area contributed by atoms with Crippen LogP contribution < -0.4 is 0 Å². The summed E-state index contributed by atoms with van der Waals surface area (Å²) in [6.45, 7) is 2.25. The molecule has 0 radical (unpaired) electrons. The third kappa shape index (κ3) is 3.67. The van der Waals surface area contributed by atoms with Gasteiger partial charge < -0.3 is 9.11 Å². The maximum atomic E-state index is 11.2. The van der Waals surface area contributed by atoms with Crippen molar-refractivity contribution in [3.63, 3.8) is 0 Å². The monoisotopic (exact) mass is 284 g/mol. The van der Waals surface area contributed by atoms with Crippen molar-refractivity contribution in [3.05, 3.63) is 0 Å². The molecule has 2 saturated heterocycles. The summed E-state index contributed by atoms with van der Waals surface area (Å²) in [5, 5.41) is 18.7. The van der Waals surface area contributed by atoms with Crippen LogP contribution in [0.4, 0.5) is 0 Å². The maximum Gasteiger partial charge on any atom is 0.141 e. The highest BCUT2D eigenvalue weighted by Crippen LogP contribution is 2.12. The fraction of sp³-hybridized carbons (Fsp3) is 1.00. The summed E-state index contributed by atoms with van der Waals surface area (Å²) < 4.78 is 24.0. The van der Waals surface area contributed by atoms with Gasteiger partial charge in [-0.3, -0.25) is 20.2 Å². The Hall–Kier alpha value is 0.380. The van der Waals surface area contributed by atoms with Gasteiger partial charge in [0.1, 0.15) is 24.8 Å². The van der Waals surface area contributed by atoms with E-state index < -0.39 is 22.7 Å². The molecule has 2 fully saturated rings. The van der Waals surface area contributed by atoms with Gasteiger partial charge in [-0.25, -0.2) is 0 Å². The molecule has 2 aliphatic rings. The Labute approximate surface area is 106 Å². The molecule has 0 bridgehead atoms. The molecule has 2 heterocycles. The second-order valence-corrected chi connectivity index (χ2v) is 6.91. The largest absolute Gasteiger partial charge is 0.596 e. The van der Waals surface area contributed by atoms with E-state index in [2.05, 4.69) is 0 Å². The molecule has 8 nitrogen and oxygen atoms in total. The van der Waals surface area contributed by atoms with E-state index in [1.165, 1.54) is 0 Å². The molecule has 2 unspecified atom stereocenters. The number of hydroxylamine groups is 2. The van der Waals surface area contributed by atoms with Crippen LogP contribution in [-0.4, -0.2) is 82.9 Å². The minimum absolute atomic E-state index is 0.220. The summed E-state index contributed by atoms with van der Waals surface area (Å²) in [6.07, 6.45) is 0. The van der Waals surface area contributed by atoms with E-state index in [0.717, 1.165) is 8.94 Å². The molecule has 2 aliphatic heterocycles. The van der Waals surface area contributed by atoms with E-state index >= 15 is 0 Å². The minimum atomic E-state index is -1.30. The lowest BCUT2D eigenvalue weighted by Gasteiger charge is -2.37. The summed E-state index contributed by atoms with van der Waals surface area (Å²) >= 11 is -2.61. The van der Waals surface area contributed by atoms with Gasteiger partial charge in [0.2, 0.25) is 0 Å². The van der Waals surface area contributed by atoms with Crippen molar-refractivity contribution in [3.8, 4) is 0 Å². The normalized spacial score (nSPS) is 35.3. The molecule has 0 spiro atoms. The van der Waals surface area contributed by atoms with Crippen molar-refractivity contribution in [2.45, 2.75) is 0 Å². The quantitative estimate of drug-likeness (QED) is 0.573. The van der Waals surface area contributed by atoms with Crippen LogP contribution in [0.15, 0.2) is 0 Å². The van der Waals surface area contributed by atoms with Gasteiger partial charge in [-0.2, -0.15) is 0 Å². The summed E-state index contributed by atoms with van der Waals surface area (Å²) in [4.78, 5) is 3.84. The van der Waals surface area contributed by atoms with Gasteiger partial charge >= 0.3 is 0 Å². The van der Waals surface area contributed by atoms with Crippen molar-refractivity contribution >= 4 is 22.7 Å². The Morgan fingerprint density at radius 2 is 1.29 bits per heavy atom. The number of hydrogen-bond donors (Lipinski definition) is 2. The third-order valence-corrected chi connectivity index (χ3v) is 4.91. The molecular formula is C7H16N4O4S2. The van der Waals surface area contributed by atoms with E-state index in [0.29, 0.717) is 31.3 Å². The van der Waals surface area contributed by atoms with Crippen molar-refractivity contribution in [1.82, 2.24) is 18.7 Å². The van der Waals surface area contributed by atoms with Crippen molar-refractivity contribution in [2.24, 2.45) is 0 Å². The van der Waals surface area contributed by atoms with Crippen LogP contribution in [0.1, 0.15) is 0 Å². The number of nitrogens with zero attached hydrogens (tertiary/aromatic N) is 4. The van der Waals surface area contributed by atoms with Gasteiger partial charge in [0, 0.05) is 22.0 Å². The molecule has 2 rings (SSSR count). The zero-order valence-electron chi connectivity index (χ0n) is 9.27. The standard InChI is InChI=1S/C7H16N4O4S2/c12-10-6-8(1-3-16(10)14)5-9-2-4-17(15)11(13)7-9/h12-13H,1-7H2. The fourth-order valence-corrected chi connectivity index (χ4v) is 3.59. The van der Waals surface area contributed by atoms with Crippen LogP contribution in [0.5, 0.6) is 0 Å². The van der Waals surface area contributed by atoms with Gasteiger partial charge in [0.05, 0.1) is 29.4 Å². The van der Waals surface area contributed by atoms with Crippen LogP contribution >= 0.6 is 0 Å². The highest BCUT2D eigenvalue weighted by Gasteiger charge is 2.32. The first kappa shape index (κ1) is 13.8. The molecule has 0 aliphatic carbocycles. The predicted octanol–water partition coefficient (Wildman–Crippen LogP) is -1.80. The van der Waals surface area contributed by atoms with Crippen molar-refractivity contribution < 1.29 is 19.5 Å². The average molecular weight is 284 g/mol. The van der Waals surface area contributed by atoms with Gasteiger partial charge in [-0.05, 0) is 0 Å². The second-order valence-electron chi connectivity index (χ2n) is 3.97. The first-order chi connectivity index (χ1) is 8.06. The molecule has 17 heavy (non-hydrogen) atoms. The van der Waals surface area contributed by atoms with E-state index in [1.54, 1.807) is 0 Å². The highest BCUT2D eigenvalue weighted by molar-refractivity contribution is 7.89. The Morgan fingerprint density at radius 3 is 1.65 bits per heavy atom. The van der Waals surface area contributed by atoms with E-state index in [4.69, 9.17) is 0 Å². The Kier molecular flexibility index (Phi) is 4.88. The molecule has 0 amide bonds. The molecule has 0 aromatic heterocycles. The molecule has 2 N–H and O–H groups in total. The Balaban J connectivity index is 1.78. The summed E-state index contributed by atoms with van der Waals surface area (Å²) in [5.74, 6) is 0.804. The van der Waals surface area contributed by atoms with Gasteiger partial charge in [-0.15, -0.1) is 0 Å². The predicted molar refractivity (Wildman–Crippen MR) is 61.3 cm³/mol. The van der Waals surface area contributed by atoms with Crippen molar-refractivity contribution in [1.29, 1.82) is 0 Å². The molecule has 0 aromatic rings. The van der Waals surface area contributed by atoms with E-state index in [-0.39, 0.29) is 13.3 Å².